The van der Waals surface area contributed by atoms with Crippen LogP contribution in [0.1, 0.15) is 18.4 Å². The Labute approximate surface area is 105 Å². The van der Waals surface area contributed by atoms with Gasteiger partial charge in [-0.25, -0.2) is 0 Å². The zero-order chi connectivity index (χ0) is 12.3. The Bertz CT molecular complexity index is 423. The molecule has 1 aromatic carbocycles. The van der Waals surface area contributed by atoms with Crippen LogP contribution in [-0.4, -0.2) is 23.6 Å². The van der Waals surface area contributed by atoms with Crippen LogP contribution in [0.5, 0.6) is 5.75 Å². The minimum absolute atomic E-state index is 0.0257. The molecule has 1 aliphatic heterocycles. The van der Waals surface area contributed by atoms with Crippen LogP contribution in [-0.2, 0) is 11.3 Å². The van der Waals surface area contributed by atoms with E-state index in [2.05, 4.69) is 10.6 Å². The summed E-state index contributed by atoms with van der Waals surface area (Å²) in [5.74, 6) is 0.107. The number of benzene rings is 1. The molecule has 0 saturated carbocycles. The molecule has 1 heterocycles. The minimum atomic E-state index is -0.179. The van der Waals surface area contributed by atoms with Gasteiger partial charge in [-0.2, -0.15) is 0 Å². The largest absolute Gasteiger partial charge is 0.506 e. The number of carbonyl (C=O) groups is 1. The second-order valence-electron chi connectivity index (χ2n) is 4.11. The Hall–Kier alpha value is -1.26. The number of rotatable bonds is 3. The monoisotopic (exact) mass is 254 g/mol. The molecule has 2 rings (SSSR count). The fourth-order valence-electron chi connectivity index (χ4n) is 1.90. The van der Waals surface area contributed by atoms with Gasteiger partial charge in [0.25, 0.3) is 0 Å². The highest BCUT2D eigenvalue weighted by Crippen LogP contribution is 2.26. The third kappa shape index (κ3) is 2.90. The van der Waals surface area contributed by atoms with Gasteiger partial charge in [-0.1, -0.05) is 23.7 Å². The lowest BCUT2D eigenvalue weighted by Gasteiger charge is -2.23. The molecule has 1 amide bonds. The van der Waals surface area contributed by atoms with Crippen molar-refractivity contribution < 1.29 is 9.90 Å². The summed E-state index contributed by atoms with van der Waals surface area (Å²) in [5, 5.41) is 16.0. The van der Waals surface area contributed by atoms with E-state index in [-0.39, 0.29) is 17.7 Å². The third-order valence-corrected chi connectivity index (χ3v) is 3.20. The normalized spacial score (nSPS) is 20.1. The molecule has 0 spiro atoms. The fraction of sp³-hybridized carbons (Fsp3) is 0.417. The first-order valence-electron chi connectivity index (χ1n) is 5.66. The topological polar surface area (TPSA) is 61.4 Å². The number of amides is 1. The van der Waals surface area contributed by atoms with Crippen LogP contribution in [0.3, 0.4) is 0 Å². The van der Waals surface area contributed by atoms with Gasteiger partial charge in [-0.15, -0.1) is 0 Å². The highest BCUT2D eigenvalue weighted by Gasteiger charge is 2.21. The quantitative estimate of drug-likeness (QED) is 0.765. The first kappa shape index (κ1) is 12.2. The van der Waals surface area contributed by atoms with Gasteiger partial charge in [0.05, 0.1) is 11.1 Å². The van der Waals surface area contributed by atoms with Crippen molar-refractivity contribution in [2.45, 2.75) is 25.4 Å². The van der Waals surface area contributed by atoms with E-state index in [1.54, 1.807) is 18.2 Å². The number of para-hydroxylation sites is 1. The van der Waals surface area contributed by atoms with Crippen molar-refractivity contribution in [3.05, 3.63) is 28.8 Å². The highest BCUT2D eigenvalue weighted by atomic mass is 35.5. The van der Waals surface area contributed by atoms with E-state index in [4.69, 9.17) is 11.6 Å². The van der Waals surface area contributed by atoms with Crippen molar-refractivity contribution >= 4 is 17.5 Å². The van der Waals surface area contributed by atoms with Crippen LogP contribution >= 0.6 is 11.6 Å². The molecule has 1 atom stereocenters. The first-order chi connectivity index (χ1) is 8.18. The standard InChI is InChI=1S/C12H15ClN2O2/c13-9-4-1-3-8(11(9)16)7-15-10-5-2-6-14-12(10)17/h1,3-4,10,15-16H,2,5-7H2,(H,14,17). The molecule has 3 N–H and O–H groups in total. The van der Waals surface area contributed by atoms with Gasteiger partial charge in [-0.05, 0) is 18.9 Å². The van der Waals surface area contributed by atoms with Crippen molar-refractivity contribution in [1.29, 1.82) is 0 Å². The zero-order valence-corrected chi connectivity index (χ0v) is 10.1. The maximum Gasteiger partial charge on any atom is 0.237 e. The van der Waals surface area contributed by atoms with Crippen LogP contribution in [0, 0.1) is 0 Å². The molecule has 92 valence electrons. The molecule has 0 radical (unpaired) electrons. The summed E-state index contributed by atoms with van der Waals surface area (Å²) in [6, 6.07) is 5.02. The summed E-state index contributed by atoms with van der Waals surface area (Å²) >= 11 is 5.81. The summed E-state index contributed by atoms with van der Waals surface area (Å²) in [4.78, 5) is 11.5. The number of carbonyl (C=O) groups excluding carboxylic acids is 1. The lowest BCUT2D eigenvalue weighted by atomic mass is 10.1. The Balaban J connectivity index is 1.97. The van der Waals surface area contributed by atoms with E-state index in [1.807, 2.05) is 0 Å². The molecule has 1 saturated heterocycles. The molecular weight excluding hydrogens is 240 g/mol. The SMILES string of the molecule is O=C1NCCCC1NCc1cccc(Cl)c1O. The van der Waals surface area contributed by atoms with Crippen LogP contribution in [0.4, 0.5) is 0 Å². The summed E-state index contributed by atoms with van der Waals surface area (Å²) in [7, 11) is 0. The predicted octanol–water partition coefficient (Wildman–Crippen LogP) is 1.41. The molecule has 1 aliphatic rings. The summed E-state index contributed by atoms with van der Waals surface area (Å²) in [6.45, 7) is 1.18. The number of hydrogen-bond donors (Lipinski definition) is 3. The number of phenolic OH excluding ortho intramolecular Hbond substituents is 1. The maximum absolute atomic E-state index is 11.5. The molecule has 0 aromatic heterocycles. The second kappa shape index (κ2) is 5.38. The lowest BCUT2D eigenvalue weighted by Crippen LogP contribution is -2.47. The van der Waals surface area contributed by atoms with E-state index in [1.165, 1.54) is 0 Å². The van der Waals surface area contributed by atoms with E-state index in [0.29, 0.717) is 17.1 Å². The van der Waals surface area contributed by atoms with Gasteiger partial charge in [0.15, 0.2) is 0 Å². The van der Waals surface area contributed by atoms with Gasteiger partial charge < -0.3 is 15.7 Å². The number of hydrogen-bond acceptors (Lipinski definition) is 3. The Morgan fingerprint density at radius 1 is 1.53 bits per heavy atom. The van der Waals surface area contributed by atoms with E-state index in [9.17, 15) is 9.90 Å². The summed E-state index contributed by atoms with van der Waals surface area (Å²) < 4.78 is 0. The first-order valence-corrected chi connectivity index (χ1v) is 6.03. The smallest absolute Gasteiger partial charge is 0.237 e. The molecule has 17 heavy (non-hydrogen) atoms. The van der Waals surface area contributed by atoms with Crippen molar-refractivity contribution in [3.8, 4) is 5.75 Å². The zero-order valence-electron chi connectivity index (χ0n) is 9.37. The van der Waals surface area contributed by atoms with Gasteiger partial charge in [0, 0.05) is 18.7 Å². The van der Waals surface area contributed by atoms with Crippen molar-refractivity contribution in [2.24, 2.45) is 0 Å². The molecule has 1 aromatic rings. The van der Waals surface area contributed by atoms with E-state index >= 15 is 0 Å². The van der Waals surface area contributed by atoms with Gasteiger partial charge in [0.1, 0.15) is 5.75 Å². The average molecular weight is 255 g/mol. The fourth-order valence-corrected chi connectivity index (χ4v) is 2.10. The van der Waals surface area contributed by atoms with Crippen molar-refractivity contribution in [1.82, 2.24) is 10.6 Å². The van der Waals surface area contributed by atoms with Gasteiger partial charge in [-0.3, -0.25) is 4.79 Å². The molecule has 4 nitrogen and oxygen atoms in total. The van der Waals surface area contributed by atoms with Crippen LogP contribution in [0.2, 0.25) is 5.02 Å². The van der Waals surface area contributed by atoms with E-state index < -0.39 is 0 Å². The number of halogens is 1. The minimum Gasteiger partial charge on any atom is -0.506 e. The molecule has 0 aliphatic carbocycles. The molecule has 0 bridgehead atoms. The molecule has 1 unspecified atom stereocenters. The number of piperidine rings is 1. The Morgan fingerprint density at radius 2 is 2.35 bits per heavy atom. The Kier molecular flexibility index (Phi) is 3.86. The molecule has 5 heteroatoms. The number of aromatic hydroxyl groups is 1. The molecule has 1 fully saturated rings. The van der Waals surface area contributed by atoms with Gasteiger partial charge >= 0.3 is 0 Å². The Morgan fingerprint density at radius 3 is 3.12 bits per heavy atom. The highest BCUT2D eigenvalue weighted by molar-refractivity contribution is 6.32. The van der Waals surface area contributed by atoms with Crippen LogP contribution < -0.4 is 10.6 Å². The van der Waals surface area contributed by atoms with Crippen LogP contribution in [0.25, 0.3) is 0 Å². The summed E-state index contributed by atoms with van der Waals surface area (Å²) in [6.07, 6.45) is 1.80. The summed E-state index contributed by atoms with van der Waals surface area (Å²) in [5.41, 5.74) is 0.705. The van der Waals surface area contributed by atoms with Crippen molar-refractivity contribution in [2.75, 3.05) is 6.54 Å². The van der Waals surface area contributed by atoms with Crippen LogP contribution in [0.15, 0.2) is 18.2 Å². The van der Waals surface area contributed by atoms with Crippen molar-refractivity contribution in [3.63, 3.8) is 0 Å². The predicted molar refractivity (Wildman–Crippen MR) is 66.0 cm³/mol. The average Bonchev–Trinajstić information content (AvgIpc) is 2.33. The molecular formula is C12H15ClN2O2. The third-order valence-electron chi connectivity index (χ3n) is 2.89. The number of nitrogens with one attached hydrogen (secondary N) is 2. The van der Waals surface area contributed by atoms with E-state index in [0.717, 1.165) is 19.4 Å². The maximum atomic E-state index is 11.5. The lowest BCUT2D eigenvalue weighted by molar-refractivity contribution is -0.124. The van der Waals surface area contributed by atoms with Gasteiger partial charge in [0.2, 0.25) is 5.91 Å². The number of phenols is 1. The second-order valence-corrected chi connectivity index (χ2v) is 4.52.